The molecular formula is C9H11F2NO2. The third-order valence-corrected chi connectivity index (χ3v) is 1.59. The number of aliphatic hydroxyl groups is 1. The summed E-state index contributed by atoms with van der Waals surface area (Å²) in [6.45, 7) is 0.744. The van der Waals surface area contributed by atoms with Gasteiger partial charge in [0.05, 0.1) is 6.61 Å². The van der Waals surface area contributed by atoms with Crippen LogP contribution in [0.3, 0.4) is 0 Å². The van der Waals surface area contributed by atoms with Crippen molar-refractivity contribution < 1.29 is 18.6 Å². The lowest BCUT2D eigenvalue weighted by atomic mass is 10.3. The number of ether oxygens (including phenoxy) is 1. The summed E-state index contributed by atoms with van der Waals surface area (Å²) < 4.78 is 28.4. The first-order valence-corrected chi connectivity index (χ1v) is 4.12. The van der Waals surface area contributed by atoms with Crippen LogP contribution in [-0.2, 0) is 6.61 Å². The minimum absolute atomic E-state index is 0.207. The maximum Gasteiger partial charge on any atom is 0.272 e. The number of aryl methyl sites for hydroxylation is 1. The first-order chi connectivity index (χ1) is 6.63. The van der Waals surface area contributed by atoms with Gasteiger partial charge < -0.3 is 9.84 Å². The van der Waals surface area contributed by atoms with Crippen LogP contribution in [0.4, 0.5) is 8.78 Å². The lowest BCUT2D eigenvalue weighted by molar-refractivity contribution is 0.0802. The molecule has 0 saturated carbocycles. The highest BCUT2D eigenvalue weighted by atomic mass is 19.3. The van der Waals surface area contributed by atoms with Crippen LogP contribution in [-0.4, -0.2) is 23.1 Å². The van der Waals surface area contributed by atoms with E-state index in [4.69, 9.17) is 9.84 Å². The van der Waals surface area contributed by atoms with Gasteiger partial charge in [-0.1, -0.05) is 0 Å². The molecular weight excluding hydrogens is 192 g/mol. The molecule has 0 aromatic carbocycles. The first-order valence-electron chi connectivity index (χ1n) is 4.12. The number of rotatable bonds is 4. The highest BCUT2D eigenvalue weighted by molar-refractivity contribution is 5.28. The molecule has 1 aromatic heterocycles. The SMILES string of the molecule is Cc1ccc(OCC(F)F)c(CO)n1. The van der Waals surface area contributed by atoms with E-state index in [9.17, 15) is 8.78 Å². The maximum atomic E-state index is 11.8. The maximum absolute atomic E-state index is 11.8. The molecule has 0 atom stereocenters. The summed E-state index contributed by atoms with van der Waals surface area (Å²) in [5.41, 5.74) is 0.990. The Bertz CT molecular complexity index is 305. The van der Waals surface area contributed by atoms with Gasteiger partial charge in [-0.3, -0.25) is 4.98 Å². The van der Waals surface area contributed by atoms with Crippen molar-refractivity contribution >= 4 is 0 Å². The molecule has 0 amide bonds. The van der Waals surface area contributed by atoms with Crippen LogP contribution in [0.15, 0.2) is 12.1 Å². The summed E-state index contributed by atoms with van der Waals surface area (Å²) in [6.07, 6.45) is -2.53. The van der Waals surface area contributed by atoms with Crippen LogP contribution in [0.1, 0.15) is 11.4 Å². The van der Waals surface area contributed by atoms with Crippen molar-refractivity contribution in [2.75, 3.05) is 6.61 Å². The molecule has 0 unspecified atom stereocenters. The van der Waals surface area contributed by atoms with Crippen LogP contribution >= 0.6 is 0 Å². The lowest BCUT2D eigenvalue weighted by Crippen LogP contribution is -2.09. The van der Waals surface area contributed by atoms with E-state index in [0.717, 1.165) is 0 Å². The molecule has 3 nitrogen and oxygen atoms in total. The average molecular weight is 203 g/mol. The first kappa shape index (κ1) is 10.8. The molecule has 1 heterocycles. The van der Waals surface area contributed by atoms with E-state index in [1.54, 1.807) is 13.0 Å². The van der Waals surface area contributed by atoms with E-state index < -0.39 is 13.0 Å². The molecule has 14 heavy (non-hydrogen) atoms. The topological polar surface area (TPSA) is 42.4 Å². The van der Waals surface area contributed by atoms with E-state index in [0.29, 0.717) is 5.69 Å². The minimum Gasteiger partial charge on any atom is -0.486 e. The average Bonchev–Trinajstić information content (AvgIpc) is 2.15. The van der Waals surface area contributed by atoms with Crippen molar-refractivity contribution in [1.82, 2.24) is 4.98 Å². The summed E-state index contributed by atoms with van der Waals surface area (Å²) in [4.78, 5) is 3.95. The van der Waals surface area contributed by atoms with Crippen LogP contribution in [0.5, 0.6) is 5.75 Å². The van der Waals surface area contributed by atoms with E-state index >= 15 is 0 Å². The van der Waals surface area contributed by atoms with E-state index in [1.165, 1.54) is 6.07 Å². The van der Waals surface area contributed by atoms with Crippen LogP contribution in [0.2, 0.25) is 0 Å². The number of alkyl halides is 2. The van der Waals surface area contributed by atoms with Gasteiger partial charge in [0, 0.05) is 5.69 Å². The van der Waals surface area contributed by atoms with Gasteiger partial charge in [-0.15, -0.1) is 0 Å². The molecule has 0 spiro atoms. The normalized spacial score (nSPS) is 10.6. The molecule has 5 heteroatoms. The Morgan fingerprint density at radius 2 is 2.21 bits per heavy atom. The standard InChI is InChI=1S/C9H11F2NO2/c1-6-2-3-8(7(4-13)12-6)14-5-9(10)11/h2-3,9,13H,4-5H2,1H3. The number of aliphatic hydroxyl groups excluding tert-OH is 1. The molecule has 0 fully saturated rings. The number of aromatic nitrogens is 1. The van der Waals surface area contributed by atoms with Crippen LogP contribution < -0.4 is 4.74 Å². The monoisotopic (exact) mass is 203 g/mol. The number of hydrogen-bond donors (Lipinski definition) is 1. The molecule has 0 aliphatic heterocycles. The van der Waals surface area contributed by atoms with Crippen LogP contribution in [0, 0.1) is 6.92 Å². The Balaban J connectivity index is 2.75. The molecule has 0 aliphatic carbocycles. The molecule has 1 rings (SSSR count). The third-order valence-electron chi connectivity index (χ3n) is 1.59. The largest absolute Gasteiger partial charge is 0.486 e. The Kier molecular flexibility index (Phi) is 3.76. The van der Waals surface area contributed by atoms with Gasteiger partial charge in [-0.2, -0.15) is 0 Å². The van der Waals surface area contributed by atoms with E-state index in [2.05, 4.69) is 4.98 Å². The molecule has 1 aromatic rings. The fourth-order valence-corrected chi connectivity index (χ4v) is 0.995. The lowest BCUT2D eigenvalue weighted by Gasteiger charge is -2.09. The Morgan fingerprint density at radius 1 is 1.50 bits per heavy atom. The predicted molar refractivity (Wildman–Crippen MR) is 46.4 cm³/mol. The molecule has 0 saturated heterocycles. The molecule has 0 aliphatic rings. The zero-order chi connectivity index (χ0) is 10.6. The second kappa shape index (κ2) is 4.85. The van der Waals surface area contributed by atoms with Gasteiger partial charge in [-0.25, -0.2) is 8.78 Å². The van der Waals surface area contributed by atoms with Crippen LogP contribution in [0.25, 0.3) is 0 Å². The van der Waals surface area contributed by atoms with Gasteiger partial charge in [0.1, 0.15) is 18.1 Å². The van der Waals surface area contributed by atoms with Gasteiger partial charge >= 0.3 is 0 Å². The van der Waals surface area contributed by atoms with Gasteiger partial charge in [0.2, 0.25) is 0 Å². The highest BCUT2D eigenvalue weighted by Gasteiger charge is 2.08. The third kappa shape index (κ3) is 2.92. The van der Waals surface area contributed by atoms with Crippen molar-refractivity contribution in [2.45, 2.75) is 20.0 Å². The fraction of sp³-hybridized carbons (Fsp3) is 0.444. The van der Waals surface area contributed by atoms with Gasteiger partial charge in [-0.05, 0) is 19.1 Å². The summed E-state index contributed by atoms with van der Waals surface area (Å²) in [6, 6.07) is 3.16. The van der Waals surface area contributed by atoms with Crippen molar-refractivity contribution in [1.29, 1.82) is 0 Å². The molecule has 0 radical (unpaired) electrons. The highest BCUT2D eigenvalue weighted by Crippen LogP contribution is 2.17. The zero-order valence-corrected chi connectivity index (χ0v) is 7.70. The smallest absolute Gasteiger partial charge is 0.272 e. The Morgan fingerprint density at radius 3 is 2.79 bits per heavy atom. The van der Waals surface area contributed by atoms with Crippen molar-refractivity contribution in [3.8, 4) is 5.75 Å². The zero-order valence-electron chi connectivity index (χ0n) is 7.70. The summed E-state index contributed by atoms with van der Waals surface area (Å²) >= 11 is 0. The number of hydrogen-bond acceptors (Lipinski definition) is 3. The van der Waals surface area contributed by atoms with Crippen molar-refractivity contribution in [3.05, 3.63) is 23.5 Å². The number of pyridine rings is 1. The van der Waals surface area contributed by atoms with E-state index in [-0.39, 0.29) is 18.1 Å². The minimum atomic E-state index is -2.53. The molecule has 78 valence electrons. The van der Waals surface area contributed by atoms with E-state index in [1.807, 2.05) is 0 Å². The fourth-order valence-electron chi connectivity index (χ4n) is 0.995. The van der Waals surface area contributed by atoms with Crippen molar-refractivity contribution in [3.63, 3.8) is 0 Å². The summed E-state index contributed by atoms with van der Waals surface area (Å²) in [7, 11) is 0. The number of halogens is 2. The Labute approximate surface area is 80.3 Å². The second-order valence-electron chi connectivity index (χ2n) is 2.76. The number of nitrogens with zero attached hydrogens (tertiary/aromatic N) is 1. The summed E-state index contributed by atoms with van der Waals surface area (Å²) in [5.74, 6) is 0.207. The van der Waals surface area contributed by atoms with Crippen molar-refractivity contribution in [2.24, 2.45) is 0 Å². The Hall–Kier alpha value is -1.23. The predicted octanol–water partition coefficient (Wildman–Crippen LogP) is 1.53. The second-order valence-corrected chi connectivity index (χ2v) is 2.76. The molecule has 0 bridgehead atoms. The quantitative estimate of drug-likeness (QED) is 0.806. The summed E-state index contributed by atoms with van der Waals surface area (Å²) in [5, 5.41) is 8.88. The van der Waals surface area contributed by atoms with Gasteiger partial charge in [0.15, 0.2) is 0 Å². The molecule has 1 N–H and O–H groups in total. The van der Waals surface area contributed by atoms with Gasteiger partial charge in [0.25, 0.3) is 6.43 Å².